The minimum absolute atomic E-state index is 0.195. The Hall–Kier alpha value is -1.12. The first-order valence-electron chi connectivity index (χ1n) is 5.32. The van der Waals surface area contributed by atoms with Gasteiger partial charge in [0.2, 0.25) is 5.03 Å². The van der Waals surface area contributed by atoms with Gasteiger partial charge in [0.25, 0.3) is 10.0 Å². The Balaban J connectivity index is 2.51. The molecule has 0 saturated heterocycles. The van der Waals surface area contributed by atoms with Crippen molar-refractivity contribution in [1.29, 1.82) is 0 Å². The summed E-state index contributed by atoms with van der Waals surface area (Å²) in [6.45, 7) is 0.195. The minimum Gasteiger partial charge on any atom is -0.393 e. The topological polar surface area (TPSA) is 85.1 Å². The smallest absolute Gasteiger partial charge is 0.261 e. The zero-order chi connectivity index (χ0) is 13.6. The summed E-state index contributed by atoms with van der Waals surface area (Å²) in [5.74, 6) is -0.867. The molecule has 1 heterocycles. The molecule has 1 aromatic rings. The summed E-state index contributed by atoms with van der Waals surface area (Å²) in [7, 11) is -3.89. The van der Waals surface area contributed by atoms with Gasteiger partial charge in [-0.05, 0) is 31.4 Å². The third kappa shape index (κ3) is 4.63. The Bertz CT molecular complexity index is 520. The molecule has 100 valence electrons. The highest BCUT2D eigenvalue weighted by Crippen LogP contribution is 2.09. The van der Waals surface area contributed by atoms with E-state index in [0.29, 0.717) is 24.3 Å². The van der Waals surface area contributed by atoms with Crippen LogP contribution in [-0.4, -0.2) is 24.9 Å². The van der Waals surface area contributed by atoms with Gasteiger partial charge < -0.3 is 5.73 Å². The summed E-state index contributed by atoms with van der Waals surface area (Å²) in [4.78, 5) is 3.91. The molecule has 0 radical (unpaired) electrons. The fourth-order valence-electron chi connectivity index (χ4n) is 1.27. The Morgan fingerprint density at radius 1 is 1.50 bits per heavy atom. The Labute approximate surface area is 111 Å². The molecule has 0 aliphatic heterocycles. The van der Waals surface area contributed by atoms with E-state index >= 15 is 0 Å². The SMILES string of the molecule is NC(=S)CCCCNS(=O)(=O)c1ncccc1F. The van der Waals surface area contributed by atoms with Crippen molar-refractivity contribution in [2.75, 3.05) is 6.54 Å². The molecule has 0 aliphatic rings. The van der Waals surface area contributed by atoms with Crippen LogP contribution in [0.3, 0.4) is 0 Å². The third-order valence-corrected chi connectivity index (χ3v) is 3.72. The van der Waals surface area contributed by atoms with Crippen molar-refractivity contribution in [2.24, 2.45) is 5.73 Å². The van der Waals surface area contributed by atoms with E-state index in [1.165, 1.54) is 12.3 Å². The molecule has 0 unspecified atom stereocenters. The van der Waals surface area contributed by atoms with E-state index in [0.717, 1.165) is 6.07 Å². The molecule has 18 heavy (non-hydrogen) atoms. The van der Waals surface area contributed by atoms with Gasteiger partial charge in [0.15, 0.2) is 5.82 Å². The molecule has 5 nitrogen and oxygen atoms in total. The van der Waals surface area contributed by atoms with Crippen LogP contribution in [0.1, 0.15) is 19.3 Å². The van der Waals surface area contributed by atoms with Crippen LogP contribution in [0.25, 0.3) is 0 Å². The second kappa shape index (κ2) is 6.72. The summed E-state index contributed by atoms with van der Waals surface area (Å²) in [6, 6.07) is 2.38. The predicted molar refractivity (Wildman–Crippen MR) is 70.0 cm³/mol. The number of aromatic nitrogens is 1. The number of sulfonamides is 1. The molecule has 0 atom stereocenters. The van der Waals surface area contributed by atoms with Crippen LogP contribution in [0.4, 0.5) is 4.39 Å². The standard InChI is InChI=1S/C10H14FN3O2S2/c11-8-4-3-6-13-10(8)18(15,16)14-7-2-1-5-9(12)17/h3-4,6,14H,1-2,5,7H2,(H2,12,17). The van der Waals surface area contributed by atoms with Crippen molar-refractivity contribution in [3.8, 4) is 0 Å². The molecule has 0 spiro atoms. The summed E-state index contributed by atoms with van der Waals surface area (Å²) >= 11 is 4.69. The lowest BCUT2D eigenvalue weighted by Gasteiger charge is -2.06. The van der Waals surface area contributed by atoms with Crippen LogP contribution in [-0.2, 0) is 10.0 Å². The monoisotopic (exact) mass is 291 g/mol. The van der Waals surface area contributed by atoms with Crippen molar-refractivity contribution < 1.29 is 12.8 Å². The van der Waals surface area contributed by atoms with Crippen LogP contribution in [0.15, 0.2) is 23.4 Å². The van der Waals surface area contributed by atoms with E-state index in [1.807, 2.05) is 0 Å². The van der Waals surface area contributed by atoms with Crippen molar-refractivity contribution in [3.05, 3.63) is 24.1 Å². The summed E-state index contributed by atoms with van der Waals surface area (Å²) in [5, 5.41) is -0.584. The minimum atomic E-state index is -3.89. The van der Waals surface area contributed by atoms with E-state index in [9.17, 15) is 12.8 Å². The molecule has 0 amide bonds. The maximum atomic E-state index is 13.3. The molecular weight excluding hydrogens is 277 g/mol. The van der Waals surface area contributed by atoms with E-state index in [-0.39, 0.29) is 6.54 Å². The number of nitrogens with two attached hydrogens (primary N) is 1. The van der Waals surface area contributed by atoms with E-state index in [1.54, 1.807) is 0 Å². The van der Waals surface area contributed by atoms with Crippen molar-refractivity contribution in [1.82, 2.24) is 9.71 Å². The van der Waals surface area contributed by atoms with Crippen LogP contribution < -0.4 is 10.5 Å². The fraction of sp³-hybridized carbons (Fsp3) is 0.400. The number of hydrogen-bond donors (Lipinski definition) is 2. The molecule has 0 bridgehead atoms. The van der Waals surface area contributed by atoms with Gasteiger partial charge in [-0.2, -0.15) is 0 Å². The second-order valence-corrected chi connectivity index (χ2v) is 5.82. The van der Waals surface area contributed by atoms with Gasteiger partial charge in [-0.25, -0.2) is 22.5 Å². The summed E-state index contributed by atoms with van der Waals surface area (Å²) in [5.41, 5.74) is 5.30. The highest BCUT2D eigenvalue weighted by Gasteiger charge is 2.19. The van der Waals surface area contributed by atoms with Gasteiger partial charge in [-0.1, -0.05) is 12.2 Å². The maximum Gasteiger partial charge on any atom is 0.261 e. The third-order valence-electron chi connectivity index (χ3n) is 2.12. The molecular formula is C10H14FN3O2S2. The van der Waals surface area contributed by atoms with Crippen LogP contribution >= 0.6 is 12.2 Å². The molecule has 1 rings (SSSR count). The fourth-order valence-corrected chi connectivity index (χ4v) is 2.49. The van der Waals surface area contributed by atoms with Gasteiger partial charge in [-0.3, -0.25) is 0 Å². The lowest BCUT2D eigenvalue weighted by atomic mass is 10.2. The number of halogens is 1. The number of pyridine rings is 1. The first-order chi connectivity index (χ1) is 8.43. The average molecular weight is 291 g/mol. The lowest BCUT2D eigenvalue weighted by molar-refractivity contribution is 0.542. The molecule has 0 fully saturated rings. The van der Waals surface area contributed by atoms with Gasteiger partial charge in [0.05, 0.1) is 4.99 Å². The number of rotatable bonds is 7. The van der Waals surface area contributed by atoms with Crippen molar-refractivity contribution in [3.63, 3.8) is 0 Å². The molecule has 1 aromatic heterocycles. The predicted octanol–water partition coefficient (Wildman–Crippen LogP) is 0.955. The van der Waals surface area contributed by atoms with Crippen LogP contribution in [0.5, 0.6) is 0 Å². The van der Waals surface area contributed by atoms with Gasteiger partial charge in [0.1, 0.15) is 0 Å². The Kier molecular flexibility index (Phi) is 5.57. The van der Waals surface area contributed by atoms with Gasteiger partial charge >= 0.3 is 0 Å². The van der Waals surface area contributed by atoms with Crippen LogP contribution in [0.2, 0.25) is 0 Å². The average Bonchev–Trinajstić information content (AvgIpc) is 2.28. The Morgan fingerprint density at radius 3 is 2.83 bits per heavy atom. The zero-order valence-electron chi connectivity index (χ0n) is 9.60. The second-order valence-electron chi connectivity index (χ2n) is 3.61. The normalized spacial score (nSPS) is 11.4. The molecule has 8 heteroatoms. The molecule has 3 N–H and O–H groups in total. The molecule has 0 aliphatic carbocycles. The lowest BCUT2D eigenvalue weighted by Crippen LogP contribution is -2.26. The van der Waals surface area contributed by atoms with E-state index in [4.69, 9.17) is 18.0 Å². The zero-order valence-corrected chi connectivity index (χ0v) is 11.2. The van der Waals surface area contributed by atoms with Crippen molar-refractivity contribution in [2.45, 2.75) is 24.3 Å². The van der Waals surface area contributed by atoms with Gasteiger partial charge in [0, 0.05) is 12.7 Å². The number of unbranched alkanes of at least 4 members (excludes halogenated alkanes) is 1. The first-order valence-corrected chi connectivity index (χ1v) is 7.21. The number of nitrogens with zero attached hydrogens (tertiary/aromatic N) is 1. The highest BCUT2D eigenvalue weighted by molar-refractivity contribution is 7.89. The maximum absolute atomic E-state index is 13.3. The number of hydrogen-bond acceptors (Lipinski definition) is 4. The number of thiocarbonyl (C=S) groups is 1. The first kappa shape index (κ1) is 14.9. The molecule has 0 aromatic carbocycles. The summed E-state index contributed by atoms with van der Waals surface area (Å²) < 4.78 is 38.9. The number of nitrogens with one attached hydrogen (secondary N) is 1. The van der Waals surface area contributed by atoms with Crippen LogP contribution in [0, 0.1) is 5.82 Å². The quantitative estimate of drug-likeness (QED) is 0.577. The van der Waals surface area contributed by atoms with E-state index in [2.05, 4.69) is 9.71 Å². The van der Waals surface area contributed by atoms with E-state index < -0.39 is 20.9 Å². The largest absolute Gasteiger partial charge is 0.393 e. The highest BCUT2D eigenvalue weighted by atomic mass is 32.2. The van der Waals surface area contributed by atoms with Gasteiger partial charge in [-0.15, -0.1) is 0 Å². The molecule has 0 saturated carbocycles. The Morgan fingerprint density at radius 2 is 2.22 bits per heavy atom. The summed E-state index contributed by atoms with van der Waals surface area (Å²) in [6.07, 6.45) is 3.05. The van der Waals surface area contributed by atoms with Crippen molar-refractivity contribution >= 4 is 27.2 Å².